The maximum atomic E-state index is 3.56. The van der Waals surface area contributed by atoms with Crippen molar-refractivity contribution in [3.63, 3.8) is 0 Å². The van der Waals surface area contributed by atoms with Crippen LogP contribution >= 0.6 is 0 Å². The average Bonchev–Trinajstić information content (AvgIpc) is 2.27. The maximum Gasteiger partial charge on any atom is 0.0281 e. The highest BCUT2D eigenvalue weighted by Gasteiger charge is 2.32. The second-order valence-corrected chi connectivity index (χ2v) is 5.90. The number of nitrogens with one attached hydrogen (secondary N) is 1. The zero-order chi connectivity index (χ0) is 12.5. The Bertz CT molecular complexity index is 384. The second kappa shape index (κ2) is 4.79. The minimum absolute atomic E-state index is 0.245. The fourth-order valence-electron chi connectivity index (χ4n) is 2.45. The zero-order valence-corrected chi connectivity index (χ0v) is 11.5. The second-order valence-electron chi connectivity index (χ2n) is 5.90. The molecule has 1 aromatic rings. The van der Waals surface area contributed by atoms with Crippen LogP contribution in [0.3, 0.4) is 0 Å². The molecule has 1 saturated heterocycles. The molecule has 1 aromatic carbocycles. The number of nitrogens with zero attached hydrogens (tertiary/aromatic N) is 1. The van der Waals surface area contributed by atoms with Crippen LogP contribution < -0.4 is 5.32 Å². The summed E-state index contributed by atoms with van der Waals surface area (Å²) in [5, 5.41) is 3.56. The number of benzene rings is 1. The first kappa shape index (κ1) is 12.6. The predicted molar refractivity (Wildman–Crippen MR) is 73.1 cm³/mol. The summed E-state index contributed by atoms with van der Waals surface area (Å²) in [5.41, 5.74) is 3.10. The van der Waals surface area contributed by atoms with Crippen LogP contribution in [0.5, 0.6) is 0 Å². The summed E-state index contributed by atoms with van der Waals surface area (Å²) >= 11 is 0. The summed E-state index contributed by atoms with van der Waals surface area (Å²) in [7, 11) is 0. The summed E-state index contributed by atoms with van der Waals surface area (Å²) in [5.74, 6) is 0. The van der Waals surface area contributed by atoms with Gasteiger partial charge in [-0.1, -0.05) is 24.3 Å². The molecule has 2 rings (SSSR count). The van der Waals surface area contributed by atoms with E-state index >= 15 is 0 Å². The van der Waals surface area contributed by atoms with Gasteiger partial charge in [-0.25, -0.2) is 0 Å². The molecule has 1 aliphatic rings. The largest absolute Gasteiger partial charge is 0.311 e. The van der Waals surface area contributed by atoms with Crippen molar-refractivity contribution in [1.82, 2.24) is 10.2 Å². The maximum absolute atomic E-state index is 3.56. The summed E-state index contributed by atoms with van der Waals surface area (Å²) in [6.07, 6.45) is 0. The molecule has 2 nitrogen and oxygen atoms in total. The highest BCUT2D eigenvalue weighted by molar-refractivity contribution is 5.25. The third kappa shape index (κ3) is 2.88. The molecule has 0 aromatic heterocycles. The monoisotopic (exact) mass is 232 g/mol. The van der Waals surface area contributed by atoms with E-state index < -0.39 is 0 Å². The molecule has 2 heteroatoms. The Hall–Kier alpha value is -0.860. The molecule has 0 bridgehead atoms. The molecule has 0 amide bonds. The first-order valence-corrected chi connectivity index (χ1v) is 6.52. The zero-order valence-electron chi connectivity index (χ0n) is 11.5. The SMILES string of the molecule is Cc1ccccc1CN1CC(C)NCC1(C)C. The van der Waals surface area contributed by atoms with Gasteiger partial charge < -0.3 is 5.32 Å². The molecule has 0 saturated carbocycles. The minimum Gasteiger partial charge on any atom is -0.311 e. The summed E-state index contributed by atoms with van der Waals surface area (Å²) in [4.78, 5) is 2.59. The van der Waals surface area contributed by atoms with E-state index in [4.69, 9.17) is 0 Å². The van der Waals surface area contributed by atoms with Crippen molar-refractivity contribution in [2.75, 3.05) is 13.1 Å². The van der Waals surface area contributed by atoms with E-state index in [-0.39, 0.29) is 5.54 Å². The molecule has 1 fully saturated rings. The van der Waals surface area contributed by atoms with E-state index in [1.165, 1.54) is 11.1 Å². The molecule has 1 aliphatic heterocycles. The molecule has 1 heterocycles. The van der Waals surface area contributed by atoms with Crippen LogP contribution in [0.4, 0.5) is 0 Å². The lowest BCUT2D eigenvalue weighted by molar-refractivity contribution is 0.0625. The lowest BCUT2D eigenvalue weighted by Crippen LogP contribution is -2.60. The van der Waals surface area contributed by atoms with Gasteiger partial charge in [0.15, 0.2) is 0 Å². The van der Waals surface area contributed by atoms with Crippen molar-refractivity contribution >= 4 is 0 Å². The number of hydrogen-bond donors (Lipinski definition) is 1. The molecule has 1 atom stereocenters. The highest BCUT2D eigenvalue weighted by Crippen LogP contribution is 2.22. The molecule has 0 radical (unpaired) electrons. The van der Waals surface area contributed by atoms with Gasteiger partial charge in [0.25, 0.3) is 0 Å². The lowest BCUT2D eigenvalue weighted by atomic mass is 9.96. The Morgan fingerprint density at radius 2 is 2.06 bits per heavy atom. The van der Waals surface area contributed by atoms with Gasteiger partial charge in [0.05, 0.1) is 0 Å². The smallest absolute Gasteiger partial charge is 0.0281 e. The fourth-order valence-corrected chi connectivity index (χ4v) is 2.45. The summed E-state index contributed by atoms with van der Waals surface area (Å²) in [6.45, 7) is 12.4. The van der Waals surface area contributed by atoms with Crippen LogP contribution in [0.15, 0.2) is 24.3 Å². The normalized spacial score (nSPS) is 24.8. The number of hydrogen-bond acceptors (Lipinski definition) is 2. The Balaban J connectivity index is 2.14. The van der Waals surface area contributed by atoms with E-state index in [1.807, 2.05) is 0 Å². The van der Waals surface area contributed by atoms with Crippen molar-refractivity contribution in [2.24, 2.45) is 0 Å². The Labute approximate surface area is 105 Å². The molecule has 94 valence electrons. The van der Waals surface area contributed by atoms with E-state index in [2.05, 4.69) is 62.2 Å². The number of piperazine rings is 1. The van der Waals surface area contributed by atoms with Crippen molar-refractivity contribution < 1.29 is 0 Å². The van der Waals surface area contributed by atoms with Crippen LogP contribution in [-0.2, 0) is 6.54 Å². The molecule has 0 spiro atoms. The number of rotatable bonds is 2. The van der Waals surface area contributed by atoms with Gasteiger partial charge >= 0.3 is 0 Å². The van der Waals surface area contributed by atoms with Gasteiger partial charge in [-0.05, 0) is 38.8 Å². The van der Waals surface area contributed by atoms with Gasteiger partial charge in [-0.2, -0.15) is 0 Å². The van der Waals surface area contributed by atoms with Crippen molar-refractivity contribution in [3.8, 4) is 0 Å². The van der Waals surface area contributed by atoms with Crippen LogP contribution in [0.25, 0.3) is 0 Å². The third-order valence-electron chi connectivity index (χ3n) is 3.86. The number of aryl methyl sites for hydroxylation is 1. The van der Waals surface area contributed by atoms with Crippen molar-refractivity contribution in [2.45, 2.75) is 45.8 Å². The van der Waals surface area contributed by atoms with Crippen molar-refractivity contribution in [1.29, 1.82) is 0 Å². The van der Waals surface area contributed by atoms with Gasteiger partial charge in [0.1, 0.15) is 0 Å². The van der Waals surface area contributed by atoms with Gasteiger partial charge in [0, 0.05) is 31.2 Å². The standard InChI is InChI=1S/C15H24N2/c1-12-7-5-6-8-14(12)10-17-9-13(2)16-11-15(17,3)4/h5-8,13,16H,9-11H2,1-4H3. The van der Waals surface area contributed by atoms with E-state index in [0.717, 1.165) is 19.6 Å². The van der Waals surface area contributed by atoms with Gasteiger partial charge in [-0.15, -0.1) is 0 Å². The van der Waals surface area contributed by atoms with Crippen LogP contribution in [0.1, 0.15) is 31.9 Å². The first-order valence-electron chi connectivity index (χ1n) is 6.52. The third-order valence-corrected chi connectivity index (χ3v) is 3.86. The average molecular weight is 232 g/mol. The molecule has 1 N–H and O–H groups in total. The quantitative estimate of drug-likeness (QED) is 0.843. The van der Waals surface area contributed by atoms with Crippen LogP contribution in [0, 0.1) is 6.92 Å². The Morgan fingerprint density at radius 3 is 2.76 bits per heavy atom. The molecular weight excluding hydrogens is 208 g/mol. The highest BCUT2D eigenvalue weighted by atomic mass is 15.3. The molecule has 1 unspecified atom stereocenters. The van der Waals surface area contributed by atoms with Crippen molar-refractivity contribution in [3.05, 3.63) is 35.4 Å². The summed E-state index contributed by atoms with van der Waals surface area (Å²) < 4.78 is 0. The van der Waals surface area contributed by atoms with E-state index in [1.54, 1.807) is 0 Å². The van der Waals surface area contributed by atoms with E-state index in [9.17, 15) is 0 Å². The Kier molecular flexibility index (Phi) is 3.55. The molecule has 0 aliphatic carbocycles. The Morgan fingerprint density at radius 1 is 1.35 bits per heavy atom. The topological polar surface area (TPSA) is 15.3 Å². The van der Waals surface area contributed by atoms with Gasteiger partial charge in [-0.3, -0.25) is 4.90 Å². The van der Waals surface area contributed by atoms with Gasteiger partial charge in [0.2, 0.25) is 0 Å². The van der Waals surface area contributed by atoms with E-state index in [0.29, 0.717) is 6.04 Å². The fraction of sp³-hybridized carbons (Fsp3) is 0.600. The molecular formula is C15H24N2. The predicted octanol–water partition coefficient (Wildman–Crippen LogP) is 2.57. The lowest BCUT2D eigenvalue weighted by Gasteiger charge is -2.45. The molecule has 17 heavy (non-hydrogen) atoms. The van der Waals surface area contributed by atoms with Crippen LogP contribution in [0.2, 0.25) is 0 Å². The minimum atomic E-state index is 0.245. The summed E-state index contributed by atoms with van der Waals surface area (Å²) in [6, 6.07) is 9.30. The first-order chi connectivity index (χ1) is 7.99. The van der Waals surface area contributed by atoms with Crippen LogP contribution in [-0.4, -0.2) is 29.6 Å².